The van der Waals surface area contributed by atoms with Gasteiger partial charge < -0.3 is 0 Å². The molecule has 0 radical (unpaired) electrons. The van der Waals surface area contributed by atoms with Crippen molar-refractivity contribution in [2.75, 3.05) is 0 Å². The Morgan fingerprint density at radius 3 is 2.67 bits per heavy atom. The summed E-state index contributed by atoms with van der Waals surface area (Å²) in [5, 5.41) is 7.03. The van der Waals surface area contributed by atoms with Crippen LogP contribution < -0.4 is 0 Å². The molecular formula is C4H5FIN3. The van der Waals surface area contributed by atoms with Crippen LogP contribution in [0.15, 0.2) is 0 Å². The molecule has 0 unspecified atom stereocenters. The molecule has 0 aliphatic carbocycles. The maximum atomic E-state index is 12.6. The third kappa shape index (κ3) is 1.20. The zero-order valence-electron chi connectivity index (χ0n) is 4.80. The van der Waals surface area contributed by atoms with Gasteiger partial charge in [0.1, 0.15) is 0 Å². The van der Waals surface area contributed by atoms with Crippen LogP contribution in [0.25, 0.3) is 0 Å². The fourth-order valence-corrected chi connectivity index (χ4v) is 0.857. The molecule has 0 atom stereocenters. The van der Waals surface area contributed by atoms with Gasteiger partial charge in [-0.25, -0.2) is 4.68 Å². The van der Waals surface area contributed by atoms with E-state index < -0.39 is 0 Å². The first-order valence-corrected chi connectivity index (χ1v) is 3.58. The zero-order chi connectivity index (χ0) is 6.85. The third-order valence-corrected chi connectivity index (χ3v) is 1.60. The van der Waals surface area contributed by atoms with E-state index in [-0.39, 0.29) is 5.95 Å². The van der Waals surface area contributed by atoms with Crippen LogP contribution in [0.4, 0.5) is 4.39 Å². The SMILES string of the molecule is CCn1nnc(I)c1F. The van der Waals surface area contributed by atoms with Crippen molar-refractivity contribution in [3.8, 4) is 0 Å². The van der Waals surface area contributed by atoms with Gasteiger partial charge in [-0.1, -0.05) is 5.21 Å². The summed E-state index contributed by atoms with van der Waals surface area (Å²) in [5.41, 5.74) is 0. The Kier molecular flexibility index (Phi) is 1.99. The summed E-state index contributed by atoms with van der Waals surface area (Å²) in [7, 11) is 0. The topological polar surface area (TPSA) is 30.7 Å². The molecule has 1 aromatic heterocycles. The molecule has 0 aliphatic heterocycles. The van der Waals surface area contributed by atoms with Crippen LogP contribution in [0.2, 0.25) is 0 Å². The lowest BCUT2D eigenvalue weighted by Crippen LogP contribution is -1.99. The van der Waals surface area contributed by atoms with Gasteiger partial charge in [0.05, 0.1) is 0 Å². The first-order chi connectivity index (χ1) is 4.25. The Morgan fingerprint density at radius 2 is 2.44 bits per heavy atom. The predicted octanol–water partition coefficient (Wildman–Crippen LogP) is 1.04. The summed E-state index contributed by atoms with van der Waals surface area (Å²) in [6, 6.07) is 0. The first-order valence-electron chi connectivity index (χ1n) is 2.50. The van der Waals surface area contributed by atoms with Gasteiger partial charge >= 0.3 is 0 Å². The highest BCUT2D eigenvalue weighted by molar-refractivity contribution is 14.1. The number of halogens is 2. The molecule has 1 aromatic rings. The lowest BCUT2D eigenvalue weighted by atomic mass is 10.7. The van der Waals surface area contributed by atoms with E-state index in [1.165, 1.54) is 4.68 Å². The normalized spacial score (nSPS) is 10.1. The van der Waals surface area contributed by atoms with E-state index in [0.717, 1.165) is 0 Å². The fourth-order valence-electron chi connectivity index (χ4n) is 0.482. The standard InChI is InChI=1S/C4H5FIN3/c1-2-9-3(5)4(6)7-8-9/h2H2,1H3. The summed E-state index contributed by atoms with van der Waals surface area (Å²) < 4.78 is 14.1. The van der Waals surface area contributed by atoms with Gasteiger partial charge in [-0.3, -0.25) is 0 Å². The maximum absolute atomic E-state index is 12.6. The lowest BCUT2D eigenvalue weighted by Gasteiger charge is -1.89. The van der Waals surface area contributed by atoms with E-state index in [0.29, 0.717) is 10.2 Å². The molecule has 3 nitrogen and oxygen atoms in total. The summed E-state index contributed by atoms with van der Waals surface area (Å²) in [5.74, 6) is -0.349. The molecular weight excluding hydrogens is 236 g/mol. The average Bonchev–Trinajstić information content (AvgIpc) is 2.15. The predicted molar refractivity (Wildman–Crippen MR) is 38.4 cm³/mol. The van der Waals surface area contributed by atoms with Gasteiger partial charge in [-0.05, 0) is 29.5 Å². The van der Waals surface area contributed by atoms with Gasteiger partial charge in [-0.15, -0.1) is 5.10 Å². The molecule has 0 saturated carbocycles. The molecule has 0 aliphatic rings. The molecule has 0 bridgehead atoms. The second-order valence-corrected chi connectivity index (χ2v) is 2.51. The smallest absolute Gasteiger partial charge is 0.219 e. The average molecular weight is 241 g/mol. The highest BCUT2D eigenvalue weighted by Gasteiger charge is 2.05. The van der Waals surface area contributed by atoms with Crippen molar-refractivity contribution in [3.63, 3.8) is 0 Å². The molecule has 9 heavy (non-hydrogen) atoms. The maximum Gasteiger partial charge on any atom is 0.245 e. The zero-order valence-corrected chi connectivity index (χ0v) is 6.96. The molecule has 0 amide bonds. The van der Waals surface area contributed by atoms with Gasteiger partial charge in [0.2, 0.25) is 5.95 Å². The summed E-state index contributed by atoms with van der Waals surface area (Å²) in [6.07, 6.45) is 0. The van der Waals surface area contributed by atoms with E-state index in [1.807, 2.05) is 6.92 Å². The number of aromatic nitrogens is 3. The van der Waals surface area contributed by atoms with Crippen LogP contribution in [0.3, 0.4) is 0 Å². The molecule has 0 N–H and O–H groups in total. The molecule has 0 fully saturated rings. The largest absolute Gasteiger partial charge is 0.245 e. The lowest BCUT2D eigenvalue weighted by molar-refractivity contribution is 0.464. The van der Waals surface area contributed by atoms with Crippen molar-refractivity contribution in [2.24, 2.45) is 0 Å². The van der Waals surface area contributed by atoms with E-state index in [1.54, 1.807) is 22.6 Å². The van der Waals surface area contributed by atoms with E-state index >= 15 is 0 Å². The van der Waals surface area contributed by atoms with Crippen LogP contribution >= 0.6 is 22.6 Å². The third-order valence-electron chi connectivity index (χ3n) is 0.937. The van der Waals surface area contributed by atoms with Crippen LogP contribution in [0.1, 0.15) is 6.92 Å². The van der Waals surface area contributed by atoms with Crippen LogP contribution in [0.5, 0.6) is 0 Å². The van der Waals surface area contributed by atoms with Crippen molar-refractivity contribution < 1.29 is 4.39 Å². The number of nitrogens with zero attached hydrogens (tertiary/aromatic N) is 3. The first kappa shape index (κ1) is 6.91. The Bertz CT molecular complexity index is 210. The minimum Gasteiger partial charge on any atom is -0.219 e. The van der Waals surface area contributed by atoms with E-state index in [9.17, 15) is 4.39 Å². The van der Waals surface area contributed by atoms with Crippen molar-refractivity contribution in [1.29, 1.82) is 0 Å². The Morgan fingerprint density at radius 1 is 1.78 bits per heavy atom. The summed E-state index contributed by atoms with van der Waals surface area (Å²) in [4.78, 5) is 0. The fraction of sp³-hybridized carbons (Fsp3) is 0.500. The number of hydrogen-bond acceptors (Lipinski definition) is 2. The molecule has 1 rings (SSSR count). The molecule has 5 heteroatoms. The Balaban J connectivity index is 3.04. The van der Waals surface area contributed by atoms with Gasteiger partial charge in [-0.2, -0.15) is 4.39 Å². The van der Waals surface area contributed by atoms with Crippen molar-refractivity contribution in [2.45, 2.75) is 13.5 Å². The summed E-state index contributed by atoms with van der Waals surface area (Å²) in [6.45, 7) is 2.34. The van der Waals surface area contributed by atoms with Crippen LogP contribution in [-0.2, 0) is 6.54 Å². The van der Waals surface area contributed by atoms with Gasteiger partial charge in [0, 0.05) is 6.54 Å². The highest BCUT2D eigenvalue weighted by atomic mass is 127. The highest BCUT2D eigenvalue weighted by Crippen LogP contribution is 2.04. The van der Waals surface area contributed by atoms with E-state index in [2.05, 4.69) is 10.3 Å². The van der Waals surface area contributed by atoms with E-state index in [4.69, 9.17) is 0 Å². The minimum absolute atomic E-state index is 0.328. The Hall–Kier alpha value is -0.200. The van der Waals surface area contributed by atoms with Gasteiger partial charge in [0.15, 0.2) is 3.70 Å². The second-order valence-electron chi connectivity index (χ2n) is 1.49. The molecule has 50 valence electrons. The second kappa shape index (κ2) is 2.59. The summed E-state index contributed by atoms with van der Waals surface area (Å²) >= 11 is 1.80. The van der Waals surface area contributed by atoms with Crippen LogP contribution in [0, 0.1) is 9.65 Å². The quantitative estimate of drug-likeness (QED) is 0.688. The molecule has 0 spiro atoms. The van der Waals surface area contributed by atoms with Gasteiger partial charge in [0.25, 0.3) is 0 Å². The van der Waals surface area contributed by atoms with Crippen molar-refractivity contribution >= 4 is 22.6 Å². The number of rotatable bonds is 1. The van der Waals surface area contributed by atoms with Crippen molar-refractivity contribution in [3.05, 3.63) is 9.65 Å². The molecule has 1 heterocycles. The number of aryl methyl sites for hydroxylation is 1. The molecule has 0 aromatic carbocycles. The van der Waals surface area contributed by atoms with Crippen molar-refractivity contribution in [1.82, 2.24) is 15.0 Å². The number of hydrogen-bond donors (Lipinski definition) is 0. The minimum atomic E-state index is -0.349. The monoisotopic (exact) mass is 241 g/mol. The molecule has 0 saturated heterocycles. The Labute approximate surface area is 65.4 Å². The van der Waals surface area contributed by atoms with Crippen LogP contribution in [-0.4, -0.2) is 15.0 Å².